The quantitative estimate of drug-likeness (QED) is 0.656. The van der Waals surface area contributed by atoms with Crippen LogP contribution in [0.4, 0.5) is 0 Å². The molecule has 0 aliphatic heterocycles. The van der Waals surface area contributed by atoms with E-state index < -0.39 is 20.0 Å². The summed E-state index contributed by atoms with van der Waals surface area (Å²) < 4.78 is 53.2. The Bertz CT molecular complexity index is 623. The fourth-order valence-corrected chi connectivity index (χ4v) is 3.06. The van der Waals surface area contributed by atoms with Crippen LogP contribution in [-0.2, 0) is 24.8 Å². The Morgan fingerprint density at radius 3 is 2.10 bits per heavy atom. The maximum atomic E-state index is 11.9. The number of sulfonamides is 2. The van der Waals surface area contributed by atoms with Gasteiger partial charge in [0.2, 0.25) is 20.0 Å². The summed E-state index contributed by atoms with van der Waals surface area (Å²) in [6.45, 7) is 0.868. The summed E-state index contributed by atoms with van der Waals surface area (Å²) in [5, 5.41) is 4.94. The van der Waals surface area contributed by atoms with Gasteiger partial charge in [-0.05, 0) is 37.1 Å². The minimum atomic E-state index is -3.82. The number of hydrogen-bond donors (Lipinski definition) is 2. The van der Waals surface area contributed by atoms with Gasteiger partial charge in [-0.3, -0.25) is 0 Å². The Morgan fingerprint density at radius 1 is 1.05 bits per heavy atom. The smallest absolute Gasteiger partial charge is 0.240 e. The summed E-state index contributed by atoms with van der Waals surface area (Å²) in [6, 6.07) is 4.73. The van der Waals surface area contributed by atoms with Crippen molar-refractivity contribution in [1.29, 1.82) is 0 Å². The Hall–Kier alpha value is -1.00. The fourth-order valence-electron chi connectivity index (χ4n) is 1.47. The van der Waals surface area contributed by atoms with Gasteiger partial charge in [0.25, 0.3) is 0 Å². The molecule has 0 saturated carbocycles. The third kappa shape index (κ3) is 5.17. The van der Waals surface area contributed by atoms with Gasteiger partial charge in [-0.1, -0.05) is 0 Å². The van der Waals surface area contributed by atoms with Crippen molar-refractivity contribution in [3.63, 3.8) is 0 Å². The zero-order valence-corrected chi connectivity index (χ0v) is 12.7. The van der Waals surface area contributed by atoms with Crippen molar-refractivity contribution in [3.8, 4) is 0 Å². The zero-order chi connectivity index (χ0) is 15.2. The van der Waals surface area contributed by atoms with Crippen molar-refractivity contribution in [3.05, 3.63) is 24.3 Å². The van der Waals surface area contributed by atoms with Crippen molar-refractivity contribution >= 4 is 20.0 Å². The SMILES string of the molecule is COCCCCNS(=O)(=O)c1ccc(S(N)(=O)=O)cc1. The highest BCUT2D eigenvalue weighted by Gasteiger charge is 2.15. The highest BCUT2D eigenvalue weighted by Crippen LogP contribution is 2.13. The topological polar surface area (TPSA) is 116 Å². The monoisotopic (exact) mass is 322 g/mol. The fraction of sp³-hybridized carbons (Fsp3) is 0.455. The predicted molar refractivity (Wildman–Crippen MR) is 74.1 cm³/mol. The molecule has 0 unspecified atom stereocenters. The number of ether oxygens (including phenoxy) is 1. The van der Waals surface area contributed by atoms with E-state index in [1.807, 2.05) is 0 Å². The molecule has 0 saturated heterocycles. The first-order valence-corrected chi connectivity index (χ1v) is 8.92. The van der Waals surface area contributed by atoms with E-state index >= 15 is 0 Å². The van der Waals surface area contributed by atoms with Crippen LogP contribution in [-0.4, -0.2) is 37.1 Å². The average molecular weight is 322 g/mol. The Kier molecular flexibility index (Phi) is 6.08. The Balaban J connectivity index is 2.69. The summed E-state index contributed by atoms with van der Waals surface area (Å²) in [4.78, 5) is -0.131. The van der Waals surface area contributed by atoms with Gasteiger partial charge in [-0.15, -0.1) is 0 Å². The Labute approximate surface area is 119 Å². The van der Waals surface area contributed by atoms with E-state index in [4.69, 9.17) is 9.88 Å². The van der Waals surface area contributed by atoms with Crippen LogP contribution in [0.3, 0.4) is 0 Å². The summed E-state index contributed by atoms with van der Waals surface area (Å²) in [5.41, 5.74) is 0. The lowest BCUT2D eigenvalue weighted by atomic mass is 10.3. The maximum absolute atomic E-state index is 11.9. The van der Waals surface area contributed by atoms with Crippen LogP contribution in [0.15, 0.2) is 34.1 Å². The number of benzene rings is 1. The van der Waals surface area contributed by atoms with Crippen molar-refractivity contribution < 1.29 is 21.6 Å². The molecule has 0 aliphatic rings. The number of methoxy groups -OCH3 is 1. The molecule has 7 nitrogen and oxygen atoms in total. The van der Waals surface area contributed by atoms with E-state index in [1.54, 1.807) is 7.11 Å². The molecule has 0 aliphatic carbocycles. The number of hydrogen-bond acceptors (Lipinski definition) is 5. The minimum Gasteiger partial charge on any atom is -0.385 e. The molecule has 0 amide bonds. The number of nitrogens with one attached hydrogen (secondary N) is 1. The second-order valence-electron chi connectivity index (χ2n) is 4.11. The number of primary sulfonamides is 1. The van der Waals surface area contributed by atoms with Gasteiger partial charge in [0, 0.05) is 20.3 Å². The first-order chi connectivity index (χ1) is 9.27. The van der Waals surface area contributed by atoms with Crippen LogP contribution in [0.25, 0.3) is 0 Å². The standard InChI is InChI=1S/C11H18N2O5S2/c1-18-9-3-2-8-13-20(16,17)11-6-4-10(5-7-11)19(12,14)15/h4-7,13H,2-3,8-9H2,1H3,(H2,12,14,15). The second kappa shape index (κ2) is 7.14. The van der Waals surface area contributed by atoms with E-state index in [-0.39, 0.29) is 9.79 Å². The average Bonchev–Trinajstić information content (AvgIpc) is 2.37. The van der Waals surface area contributed by atoms with Crippen LogP contribution >= 0.6 is 0 Å². The van der Waals surface area contributed by atoms with Crippen LogP contribution in [0.1, 0.15) is 12.8 Å². The van der Waals surface area contributed by atoms with Gasteiger partial charge < -0.3 is 4.74 Å². The van der Waals surface area contributed by atoms with Gasteiger partial charge in [0.1, 0.15) is 0 Å². The second-order valence-corrected chi connectivity index (χ2v) is 7.44. The highest BCUT2D eigenvalue weighted by molar-refractivity contribution is 7.89. The lowest BCUT2D eigenvalue weighted by Gasteiger charge is -2.07. The maximum Gasteiger partial charge on any atom is 0.240 e. The summed E-state index contributed by atoms with van der Waals surface area (Å²) in [5.74, 6) is 0. The van der Waals surface area contributed by atoms with Crippen LogP contribution in [0, 0.1) is 0 Å². The van der Waals surface area contributed by atoms with Crippen LogP contribution < -0.4 is 9.86 Å². The molecule has 1 aromatic carbocycles. The zero-order valence-electron chi connectivity index (χ0n) is 11.1. The summed E-state index contributed by atoms with van der Waals surface area (Å²) in [6.07, 6.45) is 1.41. The molecule has 9 heteroatoms. The van der Waals surface area contributed by atoms with Gasteiger partial charge >= 0.3 is 0 Å². The molecule has 0 spiro atoms. The minimum absolute atomic E-state index is 0.00311. The first-order valence-electron chi connectivity index (χ1n) is 5.89. The number of nitrogens with two attached hydrogens (primary N) is 1. The lowest BCUT2D eigenvalue weighted by Crippen LogP contribution is -2.25. The molecule has 3 N–H and O–H groups in total. The van der Waals surface area contributed by atoms with E-state index in [2.05, 4.69) is 4.72 Å². The number of unbranched alkanes of at least 4 members (excludes halogenated alkanes) is 1. The largest absolute Gasteiger partial charge is 0.385 e. The predicted octanol–water partition coefficient (Wildman–Crippen LogP) is 0.0389. The van der Waals surface area contributed by atoms with Gasteiger partial charge in [-0.2, -0.15) is 0 Å². The van der Waals surface area contributed by atoms with E-state index in [0.29, 0.717) is 19.6 Å². The molecule has 0 radical (unpaired) electrons. The van der Waals surface area contributed by atoms with Crippen molar-refractivity contribution in [2.75, 3.05) is 20.3 Å². The first kappa shape index (κ1) is 17.1. The van der Waals surface area contributed by atoms with Crippen molar-refractivity contribution in [1.82, 2.24) is 4.72 Å². The molecular formula is C11H18N2O5S2. The third-order valence-electron chi connectivity index (χ3n) is 2.53. The molecule has 1 rings (SSSR count). The molecule has 114 valence electrons. The Morgan fingerprint density at radius 2 is 1.60 bits per heavy atom. The molecule has 0 aromatic heterocycles. The molecule has 0 fully saturated rings. The van der Waals surface area contributed by atoms with Crippen molar-refractivity contribution in [2.24, 2.45) is 5.14 Å². The van der Waals surface area contributed by atoms with Gasteiger partial charge in [0.05, 0.1) is 9.79 Å². The molecule has 0 heterocycles. The molecule has 0 bridgehead atoms. The molecular weight excluding hydrogens is 304 g/mol. The van der Waals surface area contributed by atoms with E-state index in [1.165, 1.54) is 12.1 Å². The molecule has 0 atom stereocenters. The van der Waals surface area contributed by atoms with Crippen LogP contribution in [0.2, 0.25) is 0 Å². The lowest BCUT2D eigenvalue weighted by molar-refractivity contribution is 0.193. The van der Waals surface area contributed by atoms with E-state index in [0.717, 1.165) is 18.6 Å². The molecule has 20 heavy (non-hydrogen) atoms. The van der Waals surface area contributed by atoms with Crippen LogP contribution in [0.5, 0.6) is 0 Å². The normalized spacial score (nSPS) is 12.5. The third-order valence-corrected chi connectivity index (χ3v) is 4.94. The highest BCUT2D eigenvalue weighted by atomic mass is 32.2. The van der Waals surface area contributed by atoms with E-state index in [9.17, 15) is 16.8 Å². The molecule has 1 aromatic rings. The summed E-state index contributed by atoms with van der Waals surface area (Å²) in [7, 11) is -5.88. The number of rotatable bonds is 8. The van der Waals surface area contributed by atoms with Gasteiger partial charge in [0.15, 0.2) is 0 Å². The van der Waals surface area contributed by atoms with Crippen molar-refractivity contribution in [2.45, 2.75) is 22.6 Å². The summed E-state index contributed by atoms with van der Waals surface area (Å²) >= 11 is 0. The van der Waals surface area contributed by atoms with Gasteiger partial charge in [-0.25, -0.2) is 26.7 Å².